The van der Waals surface area contributed by atoms with Crippen molar-refractivity contribution in [3.05, 3.63) is 34.4 Å². The van der Waals surface area contributed by atoms with Crippen molar-refractivity contribution in [3.8, 4) is 0 Å². The van der Waals surface area contributed by atoms with Gasteiger partial charge < -0.3 is 16.0 Å². The number of thiocarbonyl (C=S) groups is 1. The summed E-state index contributed by atoms with van der Waals surface area (Å²) in [4.78, 5) is 22.9. The summed E-state index contributed by atoms with van der Waals surface area (Å²) in [6.45, 7) is 2.25. The smallest absolute Gasteiger partial charge is 0.271 e. The van der Waals surface area contributed by atoms with E-state index in [-0.39, 0.29) is 16.7 Å². The molecule has 0 spiro atoms. The number of unbranched alkanes of at least 4 members (excludes halogenated alkanes) is 14. The van der Waals surface area contributed by atoms with E-state index >= 15 is 0 Å². The largest absolute Gasteiger partial charge is 0.339 e. The van der Waals surface area contributed by atoms with Crippen LogP contribution >= 0.6 is 47.0 Å². The Morgan fingerprint density at radius 1 is 0.895 bits per heavy atom. The number of carbonyl (C=O) groups is 1. The van der Waals surface area contributed by atoms with Crippen LogP contribution in [0.3, 0.4) is 0 Å². The normalized spacial score (nSPS) is 12.1. The van der Waals surface area contributed by atoms with Crippen molar-refractivity contribution in [2.75, 3.05) is 5.32 Å². The Bertz CT molecular complexity index is 840. The van der Waals surface area contributed by atoms with Gasteiger partial charge in [-0.2, -0.15) is 0 Å². The molecule has 7 nitrogen and oxygen atoms in total. The van der Waals surface area contributed by atoms with E-state index in [9.17, 15) is 14.9 Å². The molecule has 0 unspecified atom stereocenters. The molecule has 1 aromatic carbocycles. The van der Waals surface area contributed by atoms with Crippen molar-refractivity contribution in [1.29, 1.82) is 0 Å². The first-order valence-electron chi connectivity index (χ1n) is 13.8. The zero-order chi connectivity index (χ0) is 28.2. The fourth-order valence-electron chi connectivity index (χ4n) is 4.09. The Hall–Kier alpha value is -1.35. The maximum atomic E-state index is 12.4. The highest BCUT2D eigenvalue weighted by Gasteiger charge is 2.34. The Morgan fingerprint density at radius 3 is 1.87 bits per heavy atom. The lowest BCUT2D eigenvalue weighted by molar-refractivity contribution is -0.384. The van der Waals surface area contributed by atoms with Crippen LogP contribution in [-0.2, 0) is 4.79 Å². The van der Waals surface area contributed by atoms with Gasteiger partial charge in [0.15, 0.2) is 5.11 Å². The van der Waals surface area contributed by atoms with Gasteiger partial charge in [-0.05, 0) is 24.7 Å². The predicted molar refractivity (Wildman–Crippen MR) is 164 cm³/mol. The molecule has 0 aromatic heterocycles. The second-order valence-corrected chi connectivity index (χ2v) is 12.4. The minimum atomic E-state index is -1.86. The molecule has 216 valence electrons. The van der Waals surface area contributed by atoms with Gasteiger partial charge in [0.1, 0.15) is 6.17 Å². The third kappa shape index (κ3) is 17.3. The number of halogens is 3. The van der Waals surface area contributed by atoms with Gasteiger partial charge in [0.2, 0.25) is 9.70 Å². The quantitative estimate of drug-likeness (QED) is 0.0341. The standard InChI is InChI=1S/C27H43Cl3N4O3S/c1-2-3-4-5-6-7-8-9-10-11-12-13-14-15-16-20-24(35)32-25(27(28,29)30)33-26(38)31-22-18-17-19-23(21-22)34(36)37/h17-19,21,25H,2-16,20H2,1H3,(H,32,35)(H2,31,33,38)/t25-/m1/s1. The summed E-state index contributed by atoms with van der Waals surface area (Å²) in [5.41, 5.74) is 0.302. The Labute approximate surface area is 248 Å². The molecule has 0 bridgehead atoms. The van der Waals surface area contributed by atoms with Gasteiger partial charge in [0.05, 0.1) is 4.92 Å². The summed E-state index contributed by atoms with van der Waals surface area (Å²) in [6.07, 6.45) is 18.1. The van der Waals surface area contributed by atoms with E-state index in [4.69, 9.17) is 47.0 Å². The van der Waals surface area contributed by atoms with Gasteiger partial charge in [-0.25, -0.2) is 0 Å². The summed E-state index contributed by atoms with van der Waals surface area (Å²) >= 11 is 23.3. The minimum Gasteiger partial charge on any atom is -0.339 e. The molecule has 0 heterocycles. The Balaban J connectivity index is 2.19. The van der Waals surface area contributed by atoms with Crippen LogP contribution in [0.4, 0.5) is 11.4 Å². The van der Waals surface area contributed by atoms with E-state index in [0.29, 0.717) is 12.1 Å². The average molecular weight is 610 g/mol. The molecule has 0 saturated heterocycles. The second kappa shape index (κ2) is 20.5. The monoisotopic (exact) mass is 608 g/mol. The number of nitro benzene ring substituents is 1. The van der Waals surface area contributed by atoms with Gasteiger partial charge in [0, 0.05) is 24.2 Å². The van der Waals surface area contributed by atoms with Crippen LogP contribution in [0.1, 0.15) is 110 Å². The number of alkyl halides is 3. The van der Waals surface area contributed by atoms with Crippen molar-refractivity contribution < 1.29 is 9.72 Å². The molecule has 0 saturated carbocycles. The van der Waals surface area contributed by atoms with Gasteiger partial charge in [-0.1, -0.05) is 138 Å². The first kappa shape index (κ1) is 34.7. The second-order valence-electron chi connectivity index (χ2n) is 9.65. The van der Waals surface area contributed by atoms with E-state index in [0.717, 1.165) is 19.3 Å². The summed E-state index contributed by atoms with van der Waals surface area (Å²) in [6, 6.07) is 5.83. The maximum absolute atomic E-state index is 12.4. The predicted octanol–water partition coefficient (Wildman–Crippen LogP) is 8.96. The molecule has 1 amide bonds. The number of nitro groups is 1. The Morgan fingerprint density at radius 2 is 1.39 bits per heavy atom. The van der Waals surface area contributed by atoms with Crippen LogP contribution in [-0.4, -0.2) is 25.9 Å². The third-order valence-electron chi connectivity index (χ3n) is 6.23. The fraction of sp³-hybridized carbons (Fsp3) is 0.704. The number of benzene rings is 1. The molecular weight excluding hydrogens is 567 g/mol. The number of hydrogen-bond donors (Lipinski definition) is 3. The molecule has 0 radical (unpaired) electrons. The van der Waals surface area contributed by atoms with Crippen molar-refractivity contribution >= 4 is 69.4 Å². The van der Waals surface area contributed by atoms with Crippen LogP contribution < -0.4 is 16.0 Å². The number of non-ortho nitro benzene ring substituents is 1. The molecule has 0 aliphatic rings. The van der Waals surface area contributed by atoms with E-state index in [1.54, 1.807) is 6.07 Å². The van der Waals surface area contributed by atoms with Gasteiger partial charge in [-0.15, -0.1) is 0 Å². The van der Waals surface area contributed by atoms with Crippen molar-refractivity contribution in [1.82, 2.24) is 10.6 Å². The highest BCUT2D eigenvalue weighted by Crippen LogP contribution is 2.29. The topological polar surface area (TPSA) is 96.3 Å². The molecule has 38 heavy (non-hydrogen) atoms. The molecular formula is C27H43Cl3N4O3S. The van der Waals surface area contributed by atoms with Gasteiger partial charge in [0.25, 0.3) is 5.69 Å². The van der Waals surface area contributed by atoms with Crippen LogP contribution in [0, 0.1) is 10.1 Å². The zero-order valence-corrected chi connectivity index (χ0v) is 25.5. The zero-order valence-electron chi connectivity index (χ0n) is 22.4. The lowest BCUT2D eigenvalue weighted by atomic mass is 10.0. The lowest BCUT2D eigenvalue weighted by Crippen LogP contribution is -2.56. The van der Waals surface area contributed by atoms with Gasteiger partial charge in [-0.3, -0.25) is 14.9 Å². The van der Waals surface area contributed by atoms with Crippen molar-refractivity contribution in [2.24, 2.45) is 0 Å². The maximum Gasteiger partial charge on any atom is 0.271 e. The number of carbonyl (C=O) groups excluding carboxylic acids is 1. The fourth-order valence-corrected chi connectivity index (χ4v) is 4.65. The molecule has 11 heteroatoms. The molecule has 0 fully saturated rings. The number of amides is 1. The summed E-state index contributed by atoms with van der Waals surface area (Å²) in [7, 11) is 0. The molecule has 1 aromatic rings. The molecule has 3 N–H and O–H groups in total. The molecule has 1 rings (SSSR count). The van der Waals surface area contributed by atoms with Crippen molar-refractivity contribution in [2.45, 2.75) is 120 Å². The SMILES string of the molecule is CCCCCCCCCCCCCCCCCC(=O)N[C@H](NC(=S)Nc1cccc([N+](=O)[O-])c1)C(Cl)(Cl)Cl. The minimum absolute atomic E-state index is 0.0501. The number of hydrogen-bond acceptors (Lipinski definition) is 4. The van der Waals surface area contributed by atoms with E-state index in [1.807, 2.05) is 0 Å². The molecule has 0 aliphatic carbocycles. The summed E-state index contributed by atoms with van der Waals surface area (Å²) in [5, 5.41) is 19.2. The van der Waals surface area contributed by atoms with Gasteiger partial charge >= 0.3 is 0 Å². The molecule has 0 aliphatic heterocycles. The third-order valence-corrected chi connectivity index (χ3v) is 7.10. The highest BCUT2D eigenvalue weighted by molar-refractivity contribution is 7.80. The van der Waals surface area contributed by atoms with E-state index < -0.39 is 14.9 Å². The number of nitrogens with one attached hydrogen (secondary N) is 3. The number of rotatable bonds is 20. The van der Waals surface area contributed by atoms with Crippen LogP contribution in [0.15, 0.2) is 24.3 Å². The number of anilines is 1. The van der Waals surface area contributed by atoms with Crippen LogP contribution in [0.25, 0.3) is 0 Å². The highest BCUT2D eigenvalue weighted by atomic mass is 35.6. The van der Waals surface area contributed by atoms with Crippen LogP contribution in [0.2, 0.25) is 0 Å². The number of nitrogens with zero attached hydrogens (tertiary/aromatic N) is 1. The molecule has 1 atom stereocenters. The average Bonchev–Trinajstić information content (AvgIpc) is 2.85. The summed E-state index contributed by atoms with van der Waals surface area (Å²) < 4.78 is -1.86. The van der Waals surface area contributed by atoms with Crippen molar-refractivity contribution in [3.63, 3.8) is 0 Å². The summed E-state index contributed by atoms with van der Waals surface area (Å²) in [5.74, 6) is -0.248. The first-order valence-corrected chi connectivity index (χ1v) is 15.4. The Kier molecular flexibility index (Phi) is 18.7. The van der Waals surface area contributed by atoms with Crippen LogP contribution in [0.5, 0.6) is 0 Å². The lowest BCUT2D eigenvalue weighted by Gasteiger charge is -2.27. The van der Waals surface area contributed by atoms with E-state index in [1.165, 1.54) is 95.2 Å². The first-order chi connectivity index (χ1) is 18.1. The van der Waals surface area contributed by atoms with E-state index in [2.05, 4.69) is 22.9 Å².